The minimum atomic E-state index is -3.32. The van der Waals surface area contributed by atoms with Gasteiger partial charge in [-0.25, -0.2) is 8.42 Å². The Kier molecular flexibility index (Phi) is 3.75. The molecule has 0 saturated heterocycles. The predicted molar refractivity (Wildman–Crippen MR) is 69.7 cm³/mol. The summed E-state index contributed by atoms with van der Waals surface area (Å²) in [4.78, 5) is 11.7. The van der Waals surface area contributed by atoms with Crippen LogP contribution in [0.25, 0.3) is 0 Å². The topological polar surface area (TPSA) is 77.2 Å². The normalized spacial score (nSPS) is 15.7. The number of nitrogens with two attached hydrogens (primary N) is 1. The Morgan fingerprint density at radius 2 is 2.06 bits per heavy atom. The van der Waals surface area contributed by atoms with Crippen LogP contribution in [0, 0.1) is 0 Å². The summed E-state index contributed by atoms with van der Waals surface area (Å²) in [6.07, 6.45) is 1.60. The van der Waals surface area contributed by atoms with Crippen molar-refractivity contribution in [1.29, 1.82) is 0 Å². The highest BCUT2D eigenvalue weighted by Crippen LogP contribution is 2.36. The number of benzene rings is 1. The second-order valence-electron chi connectivity index (χ2n) is 4.35. The lowest BCUT2D eigenvalue weighted by molar-refractivity contribution is 0.0985. The van der Waals surface area contributed by atoms with Crippen LogP contribution in [0.4, 0.5) is 0 Å². The molecule has 1 fully saturated rings. The van der Waals surface area contributed by atoms with Crippen molar-refractivity contribution >= 4 is 27.2 Å². The number of Topliss-reactive ketones (excluding diaryl/α,β-unsaturated/α-hetero) is 1. The molecule has 1 aromatic carbocycles. The molecule has 18 heavy (non-hydrogen) atoms. The van der Waals surface area contributed by atoms with Gasteiger partial charge in [0.15, 0.2) is 15.6 Å². The predicted octanol–water partition coefficient (Wildman–Crippen LogP) is 1.81. The highest BCUT2D eigenvalue weighted by atomic mass is 35.5. The first-order valence-corrected chi connectivity index (χ1v) is 7.66. The van der Waals surface area contributed by atoms with Gasteiger partial charge in [0.2, 0.25) is 0 Å². The first-order chi connectivity index (χ1) is 8.46. The molecule has 1 aliphatic carbocycles. The van der Waals surface area contributed by atoms with Gasteiger partial charge in [-0.15, -0.1) is 0 Å². The van der Waals surface area contributed by atoms with Crippen LogP contribution in [0.1, 0.15) is 29.6 Å². The molecule has 1 aromatic rings. The van der Waals surface area contributed by atoms with Crippen LogP contribution in [0.3, 0.4) is 0 Å². The van der Waals surface area contributed by atoms with E-state index < -0.39 is 9.84 Å². The van der Waals surface area contributed by atoms with Gasteiger partial charge < -0.3 is 5.73 Å². The van der Waals surface area contributed by atoms with Crippen LogP contribution in [0.5, 0.6) is 0 Å². The molecular weight excluding hydrogens is 274 g/mol. The lowest BCUT2D eigenvalue weighted by Gasteiger charge is -2.07. The highest BCUT2D eigenvalue weighted by Gasteiger charge is 2.38. The van der Waals surface area contributed by atoms with E-state index in [0.717, 1.165) is 0 Å². The molecule has 0 radical (unpaired) electrons. The third-order valence-electron chi connectivity index (χ3n) is 2.89. The van der Waals surface area contributed by atoms with Gasteiger partial charge in [-0.2, -0.15) is 0 Å². The van der Waals surface area contributed by atoms with E-state index in [-0.39, 0.29) is 33.9 Å². The number of sulfone groups is 1. The number of hydrogen-bond donors (Lipinski definition) is 1. The maximum Gasteiger partial charge on any atom is 0.182 e. The molecule has 0 unspecified atom stereocenters. The summed E-state index contributed by atoms with van der Waals surface area (Å²) in [7, 11) is -3.32. The Bertz CT molecular complexity index is 579. The van der Waals surface area contributed by atoms with Gasteiger partial charge in [0.25, 0.3) is 0 Å². The Labute approximate surface area is 111 Å². The first-order valence-electron chi connectivity index (χ1n) is 5.73. The minimum absolute atomic E-state index is 0.116. The van der Waals surface area contributed by atoms with Gasteiger partial charge in [0, 0.05) is 12.0 Å². The lowest BCUT2D eigenvalue weighted by atomic mass is 10.1. The van der Waals surface area contributed by atoms with Crippen molar-refractivity contribution in [2.45, 2.75) is 29.4 Å². The molecule has 4 nitrogen and oxygen atoms in total. The van der Waals surface area contributed by atoms with Crippen molar-refractivity contribution in [1.82, 2.24) is 0 Å². The zero-order valence-electron chi connectivity index (χ0n) is 9.73. The Balaban J connectivity index is 2.33. The standard InChI is InChI=1S/C12H14ClNO3S/c13-10-7-8(11(15)5-6-14)1-4-12(10)18(16,17)9-2-3-9/h1,4,7,9H,2-3,5-6,14H2. The molecule has 2 rings (SSSR count). The molecule has 98 valence electrons. The number of carbonyl (C=O) groups is 1. The molecule has 2 N–H and O–H groups in total. The maximum absolute atomic E-state index is 12.0. The average Bonchev–Trinajstić information content (AvgIpc) is 3.12. The van der Waals surface area contributed by atoms with Crippen LogP contribution in [0.15, 0.2) is 23.1 Å². The van der Waals surface area contributed by atoms with Crippen LogP contribution in [-0.4, -0.2) is 26.0 Å². The van der Waals surface area contributed by atoms with Gasteiger partial charge >= 0.3 is 0 Å². The monoisotopic (exact) mass is 287 g/mol. The van der Waals surface area contributed by atoms with Crippen molar-refractivity contribution in [2.24, 2.45) is 5.73 Å². The van der Waals surface area contributed by atoms with Crippen molar-refractivity contribution in [3.63, 3.8) is 0 Å². The summed E-state index contributed by atoms with van der Waals surface area (Å²) in [5.74, 6) is -0.130. The van der Waals surface area contributed by atoms with E-state index in [9.17, 15) is 13.2 Å². The second kappa shape index (κ2) is 4.99. The molecule has 0 atom stereocenters. The van der Waals surface area contributed by atoms with Gasteiger partial charge in [-0.1, -0.05) is 17.7 Å². The molecule has 0 amide bonds. The summed E-state index contributed by atoms with van der Waals surface area (Å²) in [5.41, 5.74) is 5.71. The Hall–Kier alpha value is -0.910. The lowest BCUT2D eigenvalue weighted by Crippen LogP contribution is -2.10. The van der Waals surface area contributed by atoms with Crippen LogP contribution >= 0.6 is 11.6 Å². The molecule has 1 aliphatic rings. The minimum Gasteiger partial charge on any atom is -0.330 e. The van der Waals surface area contributed by atoms with E-state index in [1.165, 1.54) is 18.2 Å². The van der Waals surface area contributed by atoms with Crippen molar-refractivity contribution in [2.75, 3.05) is 6.54 Å². The molecule has 0 aliphatic heterocycles. The summed E-state index contributed by atoms with van der Waals surface area (Å²) in [5, 5.41) is -0.189. The molecule has 6 heteroatoms. The van der Waals surface area contributed by atoms with Crippen molar-refractivity contribution < 1.29 is 13.2 Å². The summed E-state index contributed by atoms with van der Waals surface area (Å²) >= 11 is 5.97. The van der Waals surface area contributed by atoms with Crippen LogP contribution in [-0.2, 0) is 9.84 Å². The Morgan fingerprint density at radius 1 is 1.39 bits per heavy atom. The van der Waals surface area contributed by atoms with Crippen molar-refractivity contribution in [3.05, 3.63) is 28.8 Å². The number of rotatable bonds is 5. The SMILES string of the molecule is NCCC(=O)c1ccc(S(=O)(=O)C2CC2)c(Cl)c1. The molecule has 0 heterocycles. The quantitative estimate of drug-likeness (QED) is 0.838. The Morgan fingerprint density at radius 3 is 2.56 bits per heavy atom. The molecule has 0 spiro atoms. The van der Waals surface area contributed by atoms with Gasteiger partial charge in [-0.05, 0) is 31.5 Å². The van der Waals surface area contributed by atoms with Gasteiger partial charge in [0.1, 0.15) is 0 Å². The summed E-state index contributed by atoms with van der Waals surface area (Å²) in [6.45, 7) is 0.262. The van der Waals surface area contributed by atoms with Crippen molar-refractivity contribution in [3.8, 4) is 0 Å². The third-order valence-corrected chi connectivity index (χ3v) is 5.64. The largest absolute Gasteiger partial charge is 0.330 e. The van der Waals surface area contributed by atoms with Gasteiger partial charge in [0.05, 0.1) is 15.2 Å². The van der Waals surface area contributed by atoms with Crippen LogP contribution in [0.2, 0.25) is 5.02 Å². The van der Waals surface area contributed by atoms with Crippen LogP contribution < -0.4 is 5.73 Å². The van der Waals surface area contributed by atoms with E-state index in [2.05, 4.69) is 0 Å². The summed E-state index contributed by atoms with van der Waals surface area (Å²) < 4.78 is 24.1. The van der Waals surface area contributed by atoms with E-state index in [1.807, 2.05) is 0 Å². The maximum atomic E-state index is 12.0. The third kappa shape index (κ3) is 2.58. The number of halogens is 1. The van der Waals surface area contributed by atoms with E-state index >= 15 is 0 Å². The number of ketones is 1. The second-order valence-corrected chi connectivity index (χ2v) is 6.96. The average molecular weight is 288 g/mol. The molecular formula is C12H14ClNO3S. The summed E-state index contributed by atoms with van der Waals surface area (Å²) in [6, 6.07) is 4.33. The fraction of sp³-hybridized carbons (Fsp3) is 0.417. The zero-order valence-corrected chi connectivity index (χ0v) is 11.3. The first kappa shape index (κ1) is 13.5. The zero-order chi connectivity index (χ0) is 13.3. The highest BCUT2D eigenvalue weighted by molar-refractivity contribution is 7.92. The molecule has 0 aromatic heterocycles. The van der Waals surface area contributed by atoms with E-state index in [1.54, 1.807) is 0 Å². The van der Waals surface area contributed by atoms with Gasteiger partial charge in [-0.3, -0.25) is 4.79 Å². The number of carbonyl (C=O) groups excluding carboxylic acids is 1. The smallest absolute Gasteiger partial charge is 0.182 e. The number of hydrogen-bond acceptors (Lipinski definition) is 4. The molecule has 1 saturated carbocycles. The fourth-order valence-corrected chi connectivity index (χ4v) is 3.95. The van der Waals surface area contributed by atoms with E-state index in [0.29, 0.717) is 18.4 Å². The van der Waals surface area contributed by atoms with E-state index in [4.69, 9.17) is 17.3 Å². The fourth-order valence-electron chi connectivity index (χ4n) is 1.74. The molecule has 0 bridgehead atoms.